The summed E-state index contributed by atoms with van der Waals surface area (Å²) in [4.78, 5) is 18.2. The first-order valence-corrected chi connectivity index (χ1v) is 11.2. The van der Waals surface area contributed by atoms with E-state index in [-0.39, 0.29) is 23.0 Å². The molecule has 2 atom stereocenters. The Kier molecular flexibility index (Phi) is 4.34. The van der Waals surface area contributed by atoms with Gasteiger partial charge in [0.1, 0.15) is 0 Å². The molecule has 24 heavy (non-hydrogen) atoms. The van der Waals surface area contributed by atoms with Crippen LogP contribution in [0.1, 0.15) is 12.0 Å². The lowest BCUT2D eigenvalue weighted by atomic mass is 10.1. The summed E-state index contributed by atoms with van der Waals surface area (Å²) in [5, 5.41) is 0.000748. The van der Waals surface area contributed by atoms with Gasteiger partial charge < -0.3 is 4.90 Å². The van der Waals surface area contributed by atoms with Crippen LogP contribution in [0.3, 0.4) is 0 Å². The summed E-state index contributed by atoms with van der Waals surface area (Å²) < 4.78 is 23.3. The number of nitrogens with zero attached hydrogens (tertiary/aromatic N) is 2. The molecule has 3 heterocycles. The van der Waals surface area contributed by atoms with Gasteiger partial charge in [-0.25, -0.2) is 8.42 Å². The predicted octanol–water partition coefficient (Wildman–Crippen LogP) is 1.03. The van der Waals surface area contributed by atoms with Crippen LogP contribution in [0.5, 0.6) is 0 Å². The van der Waals surface area contributed by atoms with Gasteiger partial charge in [0, 0.05) is 37.1 Å². The molecule has 0 bridgehead atoms. The van der Waals surface area contributed by atoms with Crippen molar-refractivity contribution in [2.24, 2.45) is 0 Å². The minimum atomic E-state index is -2.84. The zero-order chi connectivity index (χ0) is 16.7. The third-order valence-electron chi connectivity index (χ3n) is 5.27. The summed E-state index contributed by atoms with van der Waals surface area (Å²) in [5.41, 5.74) is 1.27. The molecule has 4 rings (SSSR count). The fraction of sp³-hybridized carbons (Fsp3) is 0.588. The number of carbonyl (C=O) groups excluding carboxylic acids is 1. The Bertz CT molecular complexity index is 717. The van der Waals surface area contributed by atoms with Crippen LogP contribution in [0.2, 0.25) is 0 Å². The maximum Gasteiger partial charge on any atom is 0.236 e. The van der Waals surface area contributed by atoms with E-state index in [9.17, 15) is 13.2 Å². The van der Waals surface area contributed by atoms with Crippen LogP contribution in [-0.4, -0.2) is 73.1 Å². The SMILES string of the molecule is O=C(C1Cc2ccccc2S1)N1CCN(C2CCS(=O)(=O)C2)CC1. The molecule has 2 unspecified atom stereocenters. The van der Waals surface area contributed by atoms with E-state index in [1.807, 2.05) is 17.0 Å². The van der Waals surface area contributed by atoms with E-state index in [1.165, 1.54) is 10.5 Å². The van der Waals surface area contributed by atoms with E-state index < -0.39 is 9.84 Å². The van der Waals surface area contributed by atoms with Gasteiger partial charge in [-0.15, -0.1) is 11.8 Å². The first-order valence-electron chi connectivity index (χ1n) is 8.50. The molecule has 1 aromatic rings. The lowest BCUT2D eigenvalue weighted by molar-refractivity contribution is -0.132. The maximum absolute atomic E-state index is 12.8. The van der Waals surface area contributed by atoms with Gasteiger partial charge in [-0.1, -0.05) is 18.2 Å². The van der Waals surface area contributed by atoms with E-state index in [2.05, 4.69) is 17.0 Å². The Hall–Kier alpha value is -1.05. The number of benzene rings is 1. The monoisotopic (exact) mass is 366 g/mol. The minimum absolute atomic E-state index is 0.000748. The summed E-state index contributed by atoms with van der Waals surface area (Å²) in [5.74, 6) is 0.831. The molecule has 0 spiro atoms. The van der Waals surface area contributed by atoms with Gasteiger partial charge in [0.05, 0.1) is 16.8 Å². The summed E-state index contributed by atoms with van der Waals surface area (Å²) in [7, 11) is -2.84. The topological polar surface area (TPSA) is 57.7 Å². The van der Waals surface area contributed by atoms with Crippen LogP contribution in [0, 0.1) is 0 Å². The van der Waals surface area contributed by atoms with Crippen molar-refractivity contribution in [1.29, 1.82) is 0 Å². The molecule has 0 saturated carbocycles. The number of fused-ring (bicyclic) bond motifs is 1. The Balaban J connectivity index is 1.33. The normalized spacial score (nSPS) is 29.6. The van der Waals surface area contributed by atoms with Gasteiger partial charge in [0.15, 0.2) is 9.84 Å². The van der Waals surface area contributed by atoms with Gasteiger partial charge in [0.25, 0.3) is 0 Å². The van der Waals surface area contributed by atoms with E-state index in [1.54, 1.807) is 11.8 Å². The van der Waals surface area contributed by atoms with Crippen molar-refractivity contribution >= 4 is 27.5 Å². The standard InChI is InChI=1S/C17H22N2O3S2/c20-17(16-11-13-3-1-2-4-15(13)23-16)19-8-6-18(7-9-19)14-5-10-24(21,22)12-14/h1-4,14,16H,5-12H2. The van der Waals surface area contributed by atoms with Crippen molar-refractivity contribution in [2.75, 3.05) is 37.7 Å². The third-order valence-corrected chi connectivity index (χ3v) is 8.33. The summed E-state index contributed by atoms with van der Waals surface area (Å²) >= 11 is 1.68. The van der Waals surface area contributed by atoms with Crippen LogP contribution in [0.15, 0.2) is 29.2 Å². The predicted molar refractivity (Wildman–Crippen MR) is 95.0 cm³/mol. The Morgan fingerprint density at radius 3 is 2.54 bits per heavy atom. The van der Waals surface area contributed by atoms with Crippen molar-refractivity contribution in [2.45, 2.75) is 29.0 Å². The number of rotatable bonds is 2. The molecule has 7 heteroatoms. The zero-order valence-corrected chi connectivity index (χ0v) is 15.2. The molecule has 0 N–H and O–H groups in total. The second-order valence-corrected chi connectivity index (χ2v) is 10.3. The molecule has 0 aliphatic carbocycles. The summed E-state index contributed by atoms with van der Waals surface area (Å²) in [6, 6.07) is 8.39. The van der Waals surface area contributed by atoms with Crippen molar-refractivity contribution in [3.05, 3.63) is 29.8 Å². The van der Waals surface area contributed by atoms with Crippen molar-refractivity contribution < 1.29 is 13.2 Å². The molecule has 3 aliphatic rings. The number of amides is 1. The number of piperazine rings is 1. The smallest absolute Gasteiger partial charge is 0.236 e. The first kappa shape index (κ1) is 16.4. The lowest BCUT2D eigenvalue weighted by Crippen LogP contribution is -2.53. The van der Waals surface area contributed by atoms with E-state index in [0.29, 0.717) is 18.8 Å². The molecular formula is C17H22N2O3S2. The van der Waals surface area contributed by atoms with Gasteiger partial charge in [-0.05, 0) is 24.5 Å². The Labute approximate surface area is 147 Å². The van der Waals surface area contributed by atoms with Crippen LogP contribution in [0.25, 0.3) is 0 Å². The minimum Gasteiger partial charge on any atom is -0.339 e. The van der Waals surface area contributed by atoms with Gasteiger partial charge >= 0.3 is 0 Å². The zero-order valence-electron chi connectivity index (χ0n) is 13.6. The van der Waals surface area contributed by atoms with Crippen molar-refractivity contribution in [1.82, 2.24) is 9.80 Å². The molecule has 3 aliphatic heterocycles. The fourth-order valence-corrected chi connectivity index (χ4v) is 6.94. The third kappa shape index (κ3) is 3.21. The summed E-state index contributed by atoms with van der Waals surface area (Å²) in [6.45, 7) is 3.00. The quantitative estimate of drug-likeness (QED) is 0.783. The number of sulfone groups is 1. The highest BCUT2D eigenvalue weighted by Crippen LogP contribution is 2.37. The maximum atomic E-state index is 12.8. The molecule has 5 nitrogen and oxygen atoms in total. The molecule has 1 aromatic carbocycles. The lowest BCUT2D eigenvalue weighted by Gasteiger charge is -2.38. The molecule has 2 saturated heterocycles. The number of thioether (sulfide) groups is 1. The first-order chi connectivity index (χ1) is 11.5. The van der Waals surface area contributed by atoms with Gasteiger partial charge in [-0.3, -0.25) is 9.69 Å². The summed E-state index contributed by atoms with van der Waals surface area (Å²) in [6.07, 6.45) is 1.56. The molecule has 130 valence electrons. The van der Waals surface area contributed by atoms with Crippen molar-refractivity contribution in [3.63, 3.8) is 0 Å². The number of carbonyl (C=O) groups is 1. The van der Waals surface area contributed by atoms with Crippen LogP contribution in [-0.2, 0) is 21.1 Å². The molecule has 1 amide bonds. The highest BCUT2D eigenvalue weighted by molar-refractivity contribution is 8.01. The fourth-order valence-electron chi connectivity index (χ4n) is 3.89. The van der Waals surface area contributed by atoms with Crippen LogP contribution >= 0.6 is 11.8 Å². The molecule has 0 aromatic heterocycles. The number of hydrogen-bond donors (Lipinski definition) is 0. The molecule has 0 radical (unpaired) electrons. The van der Waals surface area contributed by atoms with E-state index >= 15 is 0 Å². The largest absolute Gasteiger partial charge is 0.339 e. The average Bonchev–Trinajstić information content (AvgIpc) is 3.17. The van der Waals surface area contributed by atoms with Crippen molar-refractivity contribution in [3.8, 4) is 0 Å². The second-order valence-electron chi connectivity index (χ2n) is 6.84. The highest BCUT2D eigenvalue weighted by atomic mass is 32.2. The van der Waals surface area contributed by atoms with Crippen LogP contribution < -0.4 is 0 Å². The second kappa shape index (κ2) is 6.35. The van der Waals surface area contributed by atoms with Gasteiger partial charge in [-0.2, -0.15) is 0 Å². The highest BCUT2D eigenvalue weighted by Gasteiger charge is 2.36. The number of hydrogen-bond acceptors (Lipinski definition) is 5. The Morgan fingerprint density at radius 1 is 1.12 bits per heavy atom. The van der Waals surface area contributed by atoms with E-state index in [4.69, 9.17) is 0 Å². The van der Waals surface area contributed by atoms with E-state index in [0.717, 1.165) is 25.9 Å². The average molecular weight is 367 g/mol. The Morgan fingerprint density at radius 2 is 1.88 bits per heavy atom. The van der Waals surface area contributed by atoms with Crippen LogP contribution in [0.4, 0.5) is 0 Å². The molecule has 2 fully saturated rings. The molecular weight excluding hydrogens is 344 g/mol. The van der Waals surface area contributed by atoms with Gasteiger partial charge in [0.2, 0.25) is 5.91 Å².